The first-order valence-corrected chi connectivity index (χ1v) is 7.00. The smallest absolute Gasteiger partial charge is 0.164 e. The van der Waals surface area contributed by atoms with Gasteiger partial charge in [-0.2, -0.15) is 0 Å². The second kappa shape index (κ2) is 4.81. The normalized spacial score (nSPS) is 27.2. The molecule has 0 saturated carbocycles. The lowest BCUT2D eigenvalue weighted by molar-refractivity contribution is 0.0643. The minimum absolute atomic E-state index is 0.290. The molecule has 0 amide bonds. The van der Waals surface area contributed by atoms with E-state index in [0.717, 1.165) is 18.9 Å². The lowest BCUT2D eigenvalue weighted by Gasteiger charge is -2.44. The van der Waals surface area contributed by atoms with Crippen LogP contribution in [0.4, 0.5) is 0 Å². The third kappa shape index (κ3) is 1.87. The van der Waals surface area contributed by atoms with Gasteiger partial charge in [0.2, 0.25) is 0 Å². The van der Waals surface area contributed by atoms with Gasteiger partial charge in [-0.05, 0) is 38.4 Å². The number of benzene rings is 1. The van der Waals surface area contributed by atoms with Gasteiger partial charge in [-0.15, -0.1) is 0 Å². The Balaban J connectivity index is 1.92. The fourth-order valence-electron chi connectivity index (χ4n) is 3.44. The molecule has 0 bridgehead atoms. The summed E-state index contributed by atoms with van der Waals surface area (Å²) in [5.41, 5.74) is 1.20. The number of likely N-dealkylation sites (tertiary alicyclic amines) is 1. The van der Waals surface area contributed by atoms with Crippen molar-refractivity contribution < 1.29 is 9.84 Å². The van der Waals surface area contributed by atoms with Crippen LogP contribution in [0, 0.1) is 0 Å². The molecular weight excluding hydrogens is 226 g/mol. The van der Waals surface area contributed by atoms with Gasteiger partial charge < -0.3 is 9.84 Å². The first-order chi connectivity index (χ1) is 8.81. The average molecular weight is 247 g/mol. The molecule has 98 valence electrons. The molecule has 0 radical (unpaired) electrons. The molecule has 0 unspecified atom stereocenters. The molecule has 1 aromatic carbocycles. The number of ether oxygens (including phenoxy) is 1. The van der Waals surface area contributed by atoms with E-state index in [1.807, 2.05) is 6.07 Å². The minimum Gasteiger partial charge on any atom is -0.504 e. The Morgan fingerprint density at radius 3 is 3.17 bits per heavy atom. The molecule has 0 aliphatic carbocycles. The van der Waals surface area contributed by atoms with Gasteiger partial charge in [-0.1, -0.05) is 19.1 Å². The highest BCUT2D eigenvalue weighted by Gasteiger charge is 2.37. The fourth-order valence-corrected chi connectivity index (χ4v) is 3.44. The molecule has 3 heteroatoms. The molecule has 1 aromatic rings. The number of hydrogen-bond donors (Lipinski definition) is 1. The van der Waals surface area contributed by atoms with Crippen molar-refractivity contribution in [2.45, 2.75) is 38.1 Å². The molecule has 2 atom stereocenters. The summed E-state index contributed by atoms with van der Waals surface area (Å²) in [7, 11) is 0. The molecule has 2 aliphatic rings. The Kier molecular flexibility index (Phi) is 3.16. The van der Waals surface area contributed by atoms with Gasteiger partial charge in [0.1, 0.15) is 6.61 Å². The number of phenols is 1. The molecule has 3 nitrogen and oxygen atoms in total. The van der Waals surface area contributed by atoms with Crippen LogP contribution in [0.3, 0.4) is 0 Å². The number of aromatic hydroxyl groups is 1. The summed E-state index contributed by atoms with van der Waals surface area (Å²) < 4.78 is 5.81. The molecular formula is C15H21NO2. The summed E-state index contributed by atoms with van der Waals surface area (Å²) in [5.74, 6) is 1.54. The van der Waals surface area contributed by atoms with Crippen molar-refractivity contribution in [3.63, 3.8) is 0 Å². The number of piperidine rings is 1. The third-order valence-corrected chi connectivity index (χ3v) is 4.23. The van der Waals surface area contributed by atoms with E-state index < -0.39 is 0 Å². The zero-order chi connectivity index (χ0) is 12.5. The summed E-state index contributed by atoms with van der Waals surface area (Å²) in [4.78, 5) is 2.56. The number of nitrogens with zero attached hydrogens (tertiary/aromatic N) is 1. The number of fused-ring (bicyclic) bond motifs is 3. The largest absolute Gasteiger partial charge is 0.504 e. The predicted octanol–water partition coefficient (Wildman–Crippen LogP) is 2.74. The molecule has 0 aromatic heterocycles. The zero-order valence-corrected chi connectivity index (χ0v) is 10.9. The summed E-state index contributed by atoms with van der Waals surface area (Å²) in [6.45, 7) is 5.29. The Labute approximate surface area is 108 Å². The number of para-hydroxylation sites is 1. The third-order valence-electron chi connectivity index (χ3n) is 4.23. The maximum Gasteiger partial charge on any atom is 0.164 e. The summed E-state index contributed by atoms with van der Waals surface area (Å²) in [6.07, 6.45) is 3.65. The van der Waals surface area contributed by atoms with Crippen LogP contribution in [0.5, 0.6) is 11.5 Å². The van der Waals surface area contributed by atoms with Gasteiger partial charge in [0.25, 0.3) is 0 Å². The lowest BCUT2D eigenvalue weighted by Crippen LogP contribution is -2.49. The van der Waals surface area contributed by atoms with Crippen molar-refractivity contribution in [1.82, 2.24) is 4.90 Å². The van der Waals surface area contributed by atoms with E-state index >= 15 is 0 Å². The molecule has 1 fully saturated rings. The van der Waals surface area contributed by atoms with Crippen LogP contribution in [0.15, 0.2) is 18.2 Å². The minimum atomic E-state index is 0.290. The first-order valence-electron chi connectivity index (χ1n) is 7.00. The van der Waals surface area contributed by atoms with Gasteiger partial charge in [0.15, 0.2) is 11.5 Å². The highest BCUT2D eigenvalue weighted by molar-refractivity contribution is 5.49. The molecule has 1 saturated heterocycles. The number of hydrogen-bond acceptors (Lipinski definition) is 3. The summed E-state index contributed by atoms with van der Waals surface area (Å²) in [6, 6.07) is 6.25. The van der Waals surface area contributed by atoms with Gasteiger partial charge >= 0.3 is 0 Å². The monoisotopic (exact) mass is 247 g/mol. The second-order valence-corrected chi connectivity index (χ2v) is 5.36. The molecule has 18 heavy (non-hydrogen) atoms. The van der Waals surface area contributed by atoms with E-state index in [-0.39, 0.29) is 0 Å². The molecule has 2 heterocycles. The van der Waals surface area contributed by atoms with Gasteiger partial charge in [0, 0.05) is 11.5 Å². The Hall–Kier alpha value is -1.22. The molecule has 1 N–H and O–H groups in total. The van der Waals surface area contributed by atoms with E-state index in [0.29, 0.717) is 17.7 Å². The highest BCUT2D eigenvalue weighted by Crippen LogP contribution is 2.44. The maximum absolute atomic E-state index is 9.88. The van der Waals surface area contributed by atoms with Crippen molar-refractivity contribution in [3.05, 3.63) is 23.8 Å². The van der Waals surface area contributed by atoms with Gasteiger partial charge in [-0.3, -0.25) is 4.90 Å². The van der Waals surface area contributed by atoms with Crippen LogP contribution in [0.1, 0.15) is 37.7 Å². The van der Waals surface area contributed by atoms with Crippen LogP contribution in [-0.2, 0) is 0 Å². The van der Waals surface area contributed by atoms with Crippen molar-refractivity contribution in [3.8, 4) is 11.5 Å². The lowest BCUT2D eigenvalue weighted by atomic mass is 9.81. The first kappa shape index (κ1) is 11.8. The second-order valence-electron chi connectivity index (χ2n) is 5.36. The maximum atomic E-state index is 9.88. The van der Waals surface area contributed by atoms with Crippen LogP contribution in [0.2, 0.25) is 0 Å². The quantitative estimate of drug-likeness (QED) is 0.872. The summed E-state index contributed by atoms with van der Waals surface area (Å²) in [5, 5.41) is 9.88. The topological polar surface area (TPSA) is 32.7 Å². The van der Waals surface area contributed by atoms with Crippen LogP contribution < -0.4 is 4.74 Å². The Morgan fingerprint density at radius 2 is 2.33 bits per heavy atom. The number of phenolic OH excluding ortho intramolecular Hbond substituents is 1. The van der Waals surface area contributed by atoms with E-state index in [1.165, 1.54) is 31.4 Å². The highest BCUT2D eigenvalue weighted by atomic mass is 16.5. The SMILES string of the molecule is CCCN1CCC[C@H]2c3cccc(O)c3OC[C@H]21. The van der Waals surface area contributed by atoms with Crippen LogP contribution in [-0.4, -0.2) is 35.7 Å². The van der Waals surface area contributed by atoms with Crippen molar-refractivity contribution in [2.24, 2.45) is 0 Å². The molecule has 0 spiro atoms. The fraction of sp³-hybridized carbons (Fsp3) is 0.600. The standard InChI is InChI=1S/C15H21NO2/c1-2-8-16-9-4-6-11-12-5-3-7-14(17)15(12)18-10-13(11)16/h3,5,7,11,13,17H,2,4,6,8-10H2,1H3/t11-,13+/m0/s1. The molecule has 3 rings (SSSR count). The van der Waals surface area contributed by atoms with Crippen molar-refractivity contribution in [1.29, 1.82) is 0 Å². The number of rotatable bonds is 2. The van der Waals surface area contributed by atoms with E-state index in [9.17, 15) is 5.11 Å². The van der Waals surface area contributed by atoms with Gasteiger partial charge in [0.05, 0.1) is 6.04 Å². The average Bonchev–Trinajstić information content (AvgIpc) is 2.40. The predicted molar refractivity (Wildman–Crippen MR) is 71.2 cm³/mol. The van der Waals surface area contributed by atoms with E-state index in [1.54, 1.807) is 6.07 Å². The van der Waals surface area contributed by atoms with Crippen LogP contribution >= 0.6 is 0 Å². The van der Waals surface area contributed by atoms with Gasteiger partial charge in [-0.25, -0.2) is 0 Å². The van der Waals surface area contributed by atoms with Crippen molar-refractivity contribution in [2.75, 3.05) is 19.7 Å². The van der Waals surface area contributed by atoms with Crippen LogP contribution in [0.25, 0.3) is 0 Å². The summed E-state index contributed by atoms with van der Waals surface area (Å²) >= 11 is 0. The van der Waals surface area contributed by atoms with E-state index in [4.69, 9.17) is 4.74 Å². The zero-order valence-electron chi connectivity index (χ0n) is 10.9. The Morgan fingerprint density at radius 1 is 1.44 bits per heavy atom. The van der Waals surface area contributed by atoms with E-state index in [2.05, 4.69) is 17.9 Å². The van der Waals surface area contributed by atoms with Crippen molar-refractivity contribution >= 4 is 0 Å². The Bertz CT molecular complexity index is 431. The molecule has 2 aliphatic heterocycles.